The third kappa shape index (κ3) is 3.24. The largest absolute Gasteiger partial charge is 0.313 e. The van der Waals surface area contributed by atoms with Gasteiger partial charge < -0.3 is 5.32 Å². The third-order valence-corrected chi connectivity index (χ3v) is 3.49. The highest BCUT2D eigenvalue weighted by molar-refractivity contribution is 5.62. The Hall–Kier alpha value is -1.61. The van der Waals surface area contributed by atoms with E-state index in [4.69, 9.17) is 0 Å². The molecule has 1 aromatic heterocycles. The minimum atomic E-state index is 0.442. The SMILES string of the molecule is CCCn1cc(-c2ccc(C(CC)NC)cc2)cn1. The minimum absolute atomic E-state index is 0.442. The lowest BCUT2D eigenvalue weighted by molar-refractivity contribution is 0.577. The maximum atomic E-state index is 4.38. The van der Waals surface area contributed by atoms with E-state index in [2.05, 4.69) is 54.7 Å². The molecule has 0 spiro atoms. The highest BCUT2D eigenvalue weighted by atomic mass is 15.3. The van der Waals surface area contributed by atoms with E-state index in [0.717, 1.165) is 19.4 Å². The summed E-state index contributed by atoms with van der Waals surface area (Å²) in [5.74, 6) is 0. The van der Waals surface area contributed by atoms with E-state index >= 15 is 0 Å². The van der Waals surface area contributed by atoms with Crippen LogP contribution in [0.3, 0.4) is 0 Å². The van der Waals surface area contributed by atoms with Crippen molar-refractivity contribution in [3.05, 3.63) is 42.2 Å². The fourth-order valence-electron chi connectivity index (χ4n) is 2.38. The zero-order valence-corrected chi connectivity index (χ0v) is 12.1. The van der Waals surface area contributed by atoms with Crippen LogP contribution in [0.1, 0.15) is 38.3 Å². The molecule has 1 N–H and O–H groups in total. The molecule has 0 radical (unpaired) electrons. The van der Waals surface area contributed by atoms with Gasteiger partial charge in [-0.3, -0.25) is 4.68 Å². The molecule has 0 fully saturated rings. The summed E-state index contributed by atoms with van der Waals surface area (Å²) in [4.78, 5) is 0. The van der Waals surface area contributed by atoms with Gasteiger partial charge in [-0.2, -0.15) is 5.10 Å². The van der Waals surface area contributed by atoms with E-state index < -0.39 is 0 Å². The monoisotopic (exact) mass is 257 g/mol. The molecule has 3 heteroatoms. The van der Waals surface area contributed by atoms with Crippen molar-refractivity contribution in [2.24, 2.45) is 0 Å². The number of rotatable bonds is 6. The van der Waals surface area contributed by atoms with E-state index in [1.165, 1.54) is 16.7 Å². The number of aromatic nitrogens is 2. The molecule has 0 saturated carbocycles. The van der Waals surface area contributed by atoms with Crippen molar-refractivity contribution < 1.29 is 0 Å². The van der Waals surface area contributed by atoms with E-state index in [9.17, 15) is 0 Å². The molecule has 102 valence electrons. The summed E-state index contributed by atoms with van der Waals surface area (Å²) < 4.78 is 2.01. The van der Waals surface area contributed by atoms with Crippen LogP contribution in [0.4, 0.5) is 0 Å². The third-order valence-electron chi connectivity index (χ3n) is 3.49. The second-order valence-electron chi connectivity index (χ2n) is 4.86. The molecule has 0 aliphatic carbocycles. The van der Waals surface area contributed by atoms with E-state index in [1.807, 2.05) is 17.9 Å². The van der Waals surface area contributed by atoms with Gasteiger partial charge in [-0.15, -0.1) is 0 Å². The highest BCUT2D eigenvalue weighted by Gasteiger charge is 2.07. The van der Waals surface area contributed by atoms with Crippen LogP contribution in [-0.2, 0) is 6.54 Å². The molecule has 1 heterocycles. The maximum absolute atomic E-state index is 4.38. The highest BCUT2D eigenvalue weighted by Crippen LogP contribution is 2.22. The summed E-state index contributed by atoms with van der Waals surface area (Å²) >= 11 is 0. The molecule has 0 bridgehead atoms. The van der Waals surface area contributed by atoms with Crippen LogP contribution < -0.4 is 5.32 Å². The Balaban J connectivity index is 2.17. The predicted octanol–water partition coefficient (Wildman–Crippen LogP) is 3.63. The van der Waals surface area contributed by atoms with Crippen LogP contribution in [0.25, 0.3) is 11.1 Å². The molecule has 0 saturated heterocycles. The first kappa shape index (κ1) is 13.8. The Morgan fingerprint density at radius 2 is 1.89 bits per heavy atom. The van der Waals surface area contributed by atoms with Crippen LogP contribution in [0, 0.1) is 0 Å². The van der Waals surface area contributed by atoms with Crippen molar-refractivity contribution in [1.82, 2.24) is 15.1 Å². The summed E-state index contributed by atoms with van der Waals surface area (Å²) in [6.45, 7) is 5.35. The molecule has 1 unspecified atom stereocenters. The zero-order valence-electron chi connectivity index (χ0n) is 12.1. The van der Waals surface area contributed by atoms with Crippen molar-refractivity contribution in [1.29, 1.82) is 0 Å². The smallest absolute Gasteiger partial charge is 0.0568 e. The van der Waals surface area contributed by atoms with Crippen molar-refractivity contribution in [2.45, 2.75) is 39.3 Å². The molecule has 0 aliphatic rings. The molecule has 0 amide bonds. The number of nitrogens with zero attached hydrogens (tertiary/aromatic N) is 2. The van der Waals surface area contributed by atoms with Crippen LogP contribution in [-0.4, -0.2) is 16.8 Å². The van der Waals surface area contributed by atoms with Crippen molar-refractivity contribution in [3.63, 3.8) is 0 Å². The Morgan fingerprint density at radius 3 is 2.47 bits per heavy atom. The van der Waals surface area contributed by atoms with Gasteiger partial charge in [-0.25, -0.2) is 0 Å². The Kier molecular flexibility index (Phi) is 4.74. The quantitative estimate of drug-likeness (QED) is 0.856. The van der Waals surface area contributed by atoms with Gasteiger partial charge in [0.25, 0.3) is 0 Å². The Labute approximate surface area is 115 Å². The van der Waals surface area contributed by atoms with Crippen LogP contribution in [0.5, 0.6) is 0 Å². The van der Waals surface area contributed by atoms with Crippen molar-refractivity contribution in [2.75, 3.05) is 7.05 Å². The molecule has 3 nitrogen and oxygen atoms in total. The van der Waals surface area contributed by atoms with Crippen molar-refractivity contribution in [3.8, 4) is 11.1 Å². The lowest BCUT2D eigenvalue weighted by atomic mass is 10.0. The number of hydrogen-bond acceptors (Lipinski definition) is 2. The average molecular weight is 257 g/mol. The van der Waals surface area contributed by atoms with Crippen LogP contribution >= 0.6 is 0 Å². The Morgan fingerprint density at radius 1 is 1.16 bits per heavy atom. The summed E-state index contributed by atoms with van der Waals surface area (Å²) in [7, 11) is 2.01. The molecule has 1 aromatic carbocycles. The van der Waals surface area contributed by atoms with E-state index in [1.54, 1.807) is 0 Å². The predicted molar refractivity (Wildman–Crippen MR) is 80.0 cm³/mol. The topological polar surface area (TPSA) is 29.9 Å². The van der Waals surface area contributed by atoms with E-state index in [0.29, 0.717) is 6.04 Å². The first-order valence-electron chi connectivity index (χ1n) is 7.08. The number of hydrogen-bond donors (Lipinski definition) is 1. The zero-order chi connectivity index (χ0) is 13.7. The van der Waals surface area contributed by atoms with Crippen LogP contribution in [0.15, 0.2) is 36.7 Å². The number of aryl methyl sites for hydroxylation is 1. The van der Waals surface area contributed by atoms with Gasteiger partial charge in [-0.1, -0.05) is 38.1 Å². The normalized spacial score (nSPS) is 12.6. The summed E-state index contributed by atoms with van der Waals surface area (Å²) in [5.41, 5.74) is 3.77. The lowest BCUT2D eigenvalue weighted by Gasteiger charge is -2.14. The maximum Gasteiger partial charge on any atom is 0.0568 e. The van der Waals surface area contributed by atoms with Crippen molar-refractivity contribution >= 4 is 0 Å². The lowest BCUT2D eigenvalue weighted by Crippen LogP contribution is -2.14. The average Bonchev–Trinajstić information content (AvgIpc) is 2.90. The first-order chi connectivity index (χ1) is 9.28. The first-order valence-corrected chi connectivity index (χ1v) is 7.08. The van der Waals surface area contributed by atoms with Crippen LogP contribution in [0.2, 0.25) is 0 Å². The second-order valence-corrected chi connectivity index (χ2v) is 4.86. The van der Waals surface area contributed by atoms with Gasteiger partial charge in [0.1, 0.15) is 0 Å². The fourth-order valence-corrected chi connectivity index (χ4v) is 2.38. The number of benzene rings is 1. The standard InChI is InChI=1S/C16H23N3/c1-4-10-19-12-15(11-18-19)13-6-8-14(9-7-13)16(5-2)17-3/h6-9,11-12,16-17H,4-5,10H2,1-3H3. The molecular weight excluding hydrogens is 234 g/mol. The van der Waals surface area contributed by atoms with Gasteiger partial charge in [0, 0.05) is 24.3 Å². The van der Waals surface area contributed by atoms with Gasteiger partial charge in [0.05, 0.1) is 6.20 Å². The van der Waals surface area contributed by atoms with Gasteiger partial charge in [0.15, 0.2) is 0 Å². The Bertz CT molecular complexity index is 495. The molecule has 0 aliphatic heterocycles. The number of nitrogens with one attached hydrogen (secondary N) is 1. The van der Waals surface area contributed by atoms with E-state index in [-0.39, 0.29) is 0 Å². The fraction of sp³-hybridized carbons (Fsp3) is 0.438. The molecule has 2 rings (SSSR count). The molecule has 2 aromatic rings. The minimum Gasteiger partial charge on any atom is -0.313 e. The summed E-state index contributed by atoms with van der Waals surface area (Å²) in [5, 5.41) is 7.71. The summed E-state index contributed by atoms with van der Waals surface area (Å²) in [6, 6.07) is 9.22. The van der Waals surface area contributed by atoms with Gasteiger partial charge in [0.2, 0.25) is 0 Å². The van der Waals surface area contributed by atoms with Gasteiger partial charge >= 0.3 is 0 Å². The second kappa shape index (κ2) is 6.53. The summed E-state index contributed by atoms with van der Waals surface area (Å²) in [6.07, 6.45) is 6.28. The molecular formula is C16H23N3. The van der Waals surface area contributed by atoms with Gasteiger partial charge in [-0.05, 0) is 31.0 Å². The molecule has 1 atom stereocenters. The molecule has 19 heavy (non-hydrogen) atoms.